The van der Waals surface area contributed by atoms with Gasteiger partial charge >= 0.3 is 0 Å². The predicted octanol–water partition coefficient (Wildman–Crippen LogP) is 3.81. The molecule has 0 unspecified atom stereocenters. The summed E-state index contributed by atoms with van der Waals surface area (Å²) in [4.78, 5) is 11.4. The first-order valence-electron chi connectivity index (χ1n) is 5.92. The van der Waals surface area contributed by atoms with Gasteiger partial charge < -0.3 is 4.40 Å². The van der Waals surface area contributed by atoms with E-state index in [0.717, 1.165) is 16.6 Å². The van der Waals surface area contributed by atoms with E-state index in [4.69, 9.17) is 0 Å². The SMILES string of the molecule is CC(=O)c1ccc2cc(-c3ccccc3)cn2c1. The summed E-state index contributed by atoms with van der Waals surface area (Å²) in [6.07, 6.45) is 3.93. The van der Waals surface area contributed by atoms with Crippen LogP contribution in [-0.2, 0) is 0 Å². The second-order valence-corrected chi connectivity index (χ2v) is 4.40. The smallest absolute Gasteiger partial charge is 0.161 e. The number of carbonyl (C=O) groups is 1. The number of Topliss-reactive ketones (excluding diaryl/α,β-unsaturated/α-hetero) is 1. The van der Waals surface area contributed by atoms with E-state index >= 15 is 0 Å². The summed E-state index contributed by atoms with van der Waals surface area (Å²) in [6, 6.07) is 16.2. The van der Waals surface area contributed by atoms with Gasteiger partial charge in [0.2, 0.25) is 0 Å². The largest absolute Gasteiger partial charge is 0.323 e. The van der Waals surface area contributed by atoms with Crippen molar-refractivity contribution in [1.29, 1.82) is 0 Å². The van der Waals surface area contributed by atoms with Gasteiger partial charge in [0.15, 0.2) is 5.78 Å². The fourth-order valence-corrected chi connectivity index (χ4v) is 2.11. The average Bonchev–Trinajstić information content (AvgIpc) is 2.82. The van der Waals surface area contributed by atoms with E-state index in [1.54, 1.807) is 6.92 Å². The number of benzene rings is 1. The molecule has 0 bridgehead atoms. The molecule has 1 aromatic carbocycles. The van der Waals surface area contributed by atoms with Crippen LogP contribution in [0.1, 0.15) is 17.3 Å². The molecule has 0 aliphatic heterocycles. The Hall–Kier alpha value is -2.35. The first-order chi connectivity index (χ1) is 8.74. The summed E-state index contributed by atoms with van der Waals surface area (Å²) >= 11 is 0. The van der Waals surface area contributed by atoms with Crippen molar-refractivity contribution in [2.75, 3.05) is 0 Å². The summed E-state index contributed by atoms with van der Waals surface area (Å²) in [5, 5.41) is 0. The van der Waals surface area contributed by atoms with Gasteiger partial charge in [0.1, 0.15) is 0 Å². The van der Waals surface area contributed by atoms with Crippen molar-refractivity contribution in [2.24, 2.45) is 0 Å². The molecule has 0 spiro atoms. The van der Waals surface area contributed by atoms with Crippen LogP contribution in [0.3, 0.4) is 0 Å². The zero-order valence-electron chi connectivity index (χ0n) is 10.1. The van der Waals surface area contributed by atoms with Crippen LogP contribution < -0.4 is 0 Å². The number of hydrogen-bond acceptors (Lipinski definition) is 1. The lowest BCUT2D eigenvalue weighted by Gasteiger charge is -1.97. The Bertz CT molecular complexity index is 710. The Labute approximate surface area is 105 Å². The normalized spacial score (nSPS) is 10.7. The van der Waals surface area contributed by atoms with Crippen LogP contribution in [0.4, 0.5) is 0 Å². The first-order valence-corrected chi connectivity index (χ1v) is 5.92. The number of fused-ring (bicyclic) bond motifs is 1. The molecule has 88 valence electrons. The van der Waals surface area contributed by atoms with Crippen LogP contribution in [0.5, 0.6) is 0 Å². The van der Waals surface area contributed by atoms with E-state index in [0.29, 0.717) is 0 Å². The molecule has 0 radical (unpaired) electrons. The maximum Gasteiger partial charge on any atom is 0.161 e. The van der Waals surface area contributed by atoms with Gasteiger partial charge in [-0.15, -0.1) is 0 Å². The van der Waals surface area contributed by atoms with Gasteiger partial charge in [-0.3, -0.25) is 4.79 Å². The van der Waals surface area contributed by atoms with Gasteiger partial charge in [0.25, 0.3) is 0 Å². The lowest BCUT2D eigenvalue weighted by atomic mass is 10.1. The van der Waals surface area contributed by atoms with E-state index in [-0.39, 0.29) is 5.78 Å². The number of rotatable bonds is 2. The molecule has 3 rings (SSSR count). The lowest BCUT2D eigenvalue weighted by Crippen LogP contribution is -1.94. The summed E-state index contributed by atoms with van der Waals surface area (Å²) in [6.45, 7) is 1.59. The number of aromatic nitrogens is 1. The fourth-order valence-electron chi connectivity index (χ4n) is 2.11. The van der Waals surface area contributed by atoms with E-state index in [1.807, 2.05) is 40.9 Å². The minimum absolute atomic E-state index is 0.0897. The Morgan fingerprint density at radius 3 is 2.44 bits per heavy atom. The van der Waals surface area contributed by atoms with Gasteiger partial charge in [-0.2, -0.15) is 0 Å². The van der Waals surface area contributed by atoms with Crippen molar-refractivity contribution < 1.29 is 4.79 Å². The Balaban J connectivity index is 2.14. The number of nitrogens with zero attached hydrogens (tertiary/aromatic N) is 1. The summed E-state index contributed by atoms with van der Waals surface area (Å²) in [5.74, 6) is 0.0897. The highest BCUT2D eigenvalue weighted by Gasteiger charge is 2.04. The summed E-state index contributed by atoms with van der Waals surface area (Å²) in [5.41, 5.74) is 4.18. The minimum Gasteiger partial charge on any atom is -0.323 e. The van der Waals surface area contributed by atoms with Crippen molar-refractivity contribution >= 4 is 11.3 Å². The third-order valence-electron chi connectivity index (χ3n) is 3.11. The fraction of sp³-hybridized carbons (Fsp3) is 0.0625. The highest BCUT2D eigenvalue weighted by atomic mass is 16.1. The van der Waals surface area contributed by atoms with E-state index in [2.05, 4.69) is 24.4 Å². The molecule has 0 N–H and O–H groups in total. The van der Waals surface area contributed by atoms with Crippen LogP contribution in [0.2, 0.25) is 0 Å². The molecule has 0 saturated carbocycles. The zero-order valence-corrected chi connectivity index (χ0v) is 10.1. The van der Waals surface area contributed by atoms with Crippen molar-refractivity contribution in [3.05, 3.63) is 66.5 Å². The van der Waals surface area contributed by atoms with Crippen LogP contribution in [0.15, 0.2) is 60.9 Å². The quantitative estimate of drug-likeness (QED) is 0.619. The average molecular weight is 235 g/mol. The third kappa shape index (κ3) is 1.82. The van der Waals surface area contributed by atoms with Gasteiger partial charge in [0.05, 0.1) is 0 Å². The molecule has 2 aromatic heterocycles. The molecule has 2 nitrogen and oxygen atoms in total. The minimum atomic E-state index is 0.0897. The van der Waals surface area contributed by atoms with Crippen LogP contribution in [-0.4, -0.2) is 10.2 Å². The molecule has 3 aromatic rings. The second kappa shape index (κ2) is 4.15. The molecule has 0 aliphatic carbocycles. The highest BCUT2D eigenvalue weighted by Crippen LogP contribution is 2.22. The monoisotopic (exact) mass is 235 g/mol. The number of pyridine rings is 1. The van der Waals surface area contributed by atoms with Crippen LogP contribution in [0, 0.1) is 0 Å². The van der Waals surface area contributed by atoms with Crippen LogP contribution >= 0.6 is 0 Å². The molecular formula is C16H13NO. The van der Waals surface area contributed by atoms with Crippen molar-refractivity contribution in [3.8, 4) is 11.1 Å². The molecule has 2 heterocycles. The number of hydrogen-bond donors (Lipinski definition) is 0. The maximum absolute atomic E-state index is 11.4. The van der Waals surface area contributed by atoms with Gasteiger partial charge in [0, 0.05) is 29.0 Å². The summed E-state index contributed by atoms with van der Waals surface area (Å²) < 4.78 is 2.00. The molecule has 0 amide bonds. The molecule has 2 heteroatoms. The Morgan fingerprint density at radius 1 is 0.944 bits per heavy atom. The molecule has 0 atom stereocenters. The molecular weight excluding hydrogens is 222 g/mol. The number of carbonyl (C=O) groups excluding carboxylic acids is 1. The van der Waals surface area contributed by atoms with Crippen molar-refractivity contribution in [2.45, 2.75) is 6.92 Å². The van der Waals surface area contributed by atoms with Crippen molar-refractivity contribution in [3.63, 3.8) is 0 Å². The topological polar surface area (TPSA) is 21.5 Å². The van der Waals surface area contributed by atoms with E-state index in [1.165, 1.54) is 5.56 Å². The predicted molar refractivity (Wildman–Crippen MR) is 72.8 cm³/mol. The molecule has 18 heavy (non-hydrogen) atoms. The molecule has 0 fully saturated rings. The zero-order chi connectivity index (χ0) is 12.5. The van der Waals surface area contributed by atoms with E-state index in [9.17, 15) is 4.79 Å². The van der Waals surface area contributed by atoms with Gasteiger partial charge in [-0.05, 0) is 30.7 Å². The lowest BCUT2D eigenvalue weighted by molar-refractivity contribution is 0.101. The molecule has 0 aliphatic rings. The first kappa shape index (κ1) is 10.8. The second-order valence-electron chi connectivity index (χ2n) is 4.40. The third-order valence-corrected chi connectivity index (χ3v) is 3.11. The Morgan fingerprint density at radius 2 is 1.72 bits per heavy atom. The number of ketones is 1. The summed E-state index contributed by atoms with van der Waals surface area (Å²) in [7, 11) is 0. The maximum atomic E-state index is 11.4. The standard InChI is InChI=1S/C16H13NO/c1-12(18)14-7-8-16-9-15(11-17(16)10-14)13-5-3-2-4-6-13/h2-11H,1H3. The van der Waals surface area contributed by atoms with E-state index < -0.39 is 0 Å². The van der Waals surface area contributed by atoms with Crippen LogP contribution in [0.25, 0.3) is 16.6 Å². The van der Waals surface area contributed by atoms with Gasteiger partial charge in [-0.25, -0.2) is 0 Å². The molecule has 0 saturated heterocycles. The van der Waals surface area contributed by atoms with Crippen molar-refractivity contribution in [1.82, 2.24) is 4.40 Å². The highest BCUT2D eigenvalue weighted by molar-refractivity contribution is 5.94. The van der Waals surface area contributed by atoms with Gasteiger partial charge in [-0.1, -0.05) is 30.3 Å². The Kier molecular flexibility index (Phi) is 2.49.